The Kier molecular flexibility index (Phi) is 3.18. The van der Waals surface area contributed by atoms with Crippen molar-refractivity contribution in [3.8, 4) is 17.1 Å². The van der Waals surface area contributed by atoms with Gasteiger partial charge in [0.1, 0.15) is 17.1 Å². The van der Waals surface area contributed by atoms with Crippen LogP contribution in [0.4, 0.5) is 0 Å². The molecule has 0 radical (unpaired) electrons. The smallest absolute Gasteiger partial charge is 0.138 e. The maximum atomic E-state index is 9.51. The second kappa shape index (κ2) is 5.00. The number of rotatable bonds is 3. The first-order chi connectivity index (χ1) is 9.71. The Morgan fingerprint density at radius 3 is 2.65 bits per heavy atom. The Morgan fingerprint density at radius 2 is 1.90 bits per heavy atom. The molecule has 3 rings (SSSR count). The molecule has 0 amide bonds. The molecule has 0 atom stereocenters. The molecule has 0 aliphatic rings. The largest absolute Gasteiger partial charge is 0.508 e. The molecule has 0 saturated heterocycles. The van der Waals surface area contributed by atoms with Crippen molar-refractivity contribution in [1.29, 1.82) is 0 Å². The molecular weight excluding hydrogens is 250 g/mol. The van der Waals surface area contributed by atoms with Crippen LogP contribution in [0.5, 0.6) is 5.75 Å². The van der Waals surface area contributed by atoms with E-state index >= 15 is 0 Å². The van der Waals surface area contributed by atoms with Crippen molar-refractivity contribution in [2.24, 2.45) is 0 Å². The third kappa shape index (κ3) is 2.16. The van der Waals surface area contributed by atoms with E-state index < -0.39 is 0 Å². The highest BCUT2D eigenvalue weighted by Gasteiger charge is 2.11. The van der Waals surface area contributed by atoms with Gasteiger partial charge < -0.3 is 9.52 Å². The van der Waals surface area contributed by atoms with Crippen LogP contribution < -0.4 is 0 Å². The second-order valence-corrected chi connectivity index (χ2v) is 4.84. The molecule has 0 saturated carbocycles. The van der Waals surface area contributed by atoms with E-state index in [1.165, 1.54) is 0 Å². The first kappa shape index (κ1) is 12.7. The molecule has 3 nitrogen and oxygen atoms in total. The number of benzene rings is 1. The van der Waals surface area contributed by atoms with E-state index in [1.54, 1.807) is 12.1 Å². The van der Waals surface area contributed by atoms with Crippen molar-refractivity contribution in [3.05, 3.63) is 47.8 Å². The standard InChI is InChI=1S/C17H17NO2/c1-3-12-6-8-14(15(4-2)18-12)17-9-11-5-7-13(19)10-16(11)20-17/h5-10,19H,3-4H2,1-2H3. The van der Waals surface area contributed by atoms with Gasteiger partial charge in [0.15, 0.2) is 0 Å². The predicted octanol–water partition coefficient (Wildman–Crippen LogP) is 4.33. The Hall–Kier alpha value is -2.29. The average Bonchev–Trinajstić information content (AvgIpc) is 2.89. The quantitative estimate of drug-likeness (QED) is 0.768. The lowest BCUT2D eigenvalue weighted by Crippen LogP contribution is -1.96. The van der Waals surface area contributed by atoms with Crippen LogP contribution in [0, 0.1) is 0 Å². The molecular formula is C17H17NO2. The molecule has 1 N–H and O–H groups in total. The number of pyridine rings is 1. The van der Waals surface area contributed by atoms with Gasteiger partial charge in [-0.05, 0) is 43.2 Å². The molecule has 0 spiro atoms. The molecule has 0 aliphatic carbocycles. The monoisotopic (exact) mass is 267 g/mol. The summed E-state index contributed by atoms with van der Waals surface area (Å²) in [5, 5.41) is 10.5. The summed E-state index contributed by atoms with van der Waals surface area (Å²) >= 11 is 0. The number of aromatic hydroxyl groups is 1. The van der Waals surface area contributed by atoms with Gasteiger partial charge in [0.2, 0.25) is 0 Å². The number of phenolic OH excluding ortho intramolecular Hbond substituents is 1. The minimum absolute atomic E-state index is 0.216. The lowest BCUT2D eigenvalue weighted by molar-refractivity contribution is 0.474. The zero-order valence-corrected chi connectivity index (χ0v) is 11.7. The molecule has 0 fully saturated rings. The fourth-order valence-electron chi connectivity index (χ4n) is 2.39. The predicted molar refractivity (Wildman–Crippen MR) is 79.9 cm³/mol. The van der Waals surface area contributed by atoms with Crippen LogP contribution in [0.15, 0.2) is 40.8 Å². The molecule has 0 aliphatic heterocycles. The van der Waals surface area contributed by atoms with Crippen LogP contribution in [0.1, 0.15) is 25.2 Å². The number of hydrogen-bond donors (Lipinski definition) is 1. The van der Waals surface area contributed by atoms with Crippen LogP contribution in [0.3, 0.4) is 0 Å². The lowest BCUT2D eigenvalue weighted by Gasteiger charge is -2.06. The average molecular weight is 267 g/mol. The third-order valence-corrected chi connectivity index (χ3v) is 3.50. The highest BCUT2D eigenvalue weighted by atomic mass is 16.3. The van der Waals surface area contributed by atoms with Crippen molar-refractivity contribution in [2.45, 2.75) is 26.7 Å². The van der Waals surface area contributed by atoms with E-state index in [0.29, 0.717) is 5.58 Å². The Morgan fingerprint density at radius 1 is 1.05 bits per heavy atom. The molecule has 1 aromatic carbocycles. The van der Waals surface area contributed by atoms with Crippen LogP contribution in [0.2, 0.25) is 0 Å². The SMILES string of the molecule is CCc1ccc(-c2cc3ccc(O)cc3o2)c(CC)n1. The van der Waals surface area contributed by atoms with Crippen LogP contribution >= 0.6 is 0 Å². The van der Waals surface area contributed by atoms with Gasteiger partial charge in [-0.25, -0.2) is 0 Å². The minimum Gasteiger partial charge on any atom is -0.508 e. The summed E-state index contributed by atoms with van der Waals surface area (Å²) in [6.07, 6.45) is 1.80. The van der Waals surface area contributed by atoms with Gasteiger partial charge in [0.25, 0.3) is 0 Å². The first-order valence-corrected chi connectivity index (χ1v) is 6.93. The van der Waals surface area contributed by atoms with Crippen LogP contribution in [-0.2, 0) is 12.8 Å². The van der Waals surface area contributed by atoms with Crippen molar-refractivity contribution < 1.29 is 9.52 Å². The Labute approximate surface area is 117 Å². The van der Waals surface area contributed by atoms with Gasteiger partial charge >= 0.3 is 0 Å². The van der Waals surface area contributed by atoms with E-state index in [1.807, 2.05) is 18.2 Å². The summed E-state index contributed by atoms with van der Waals surface area (Å²) in [7, 11) is 0. The Balaban J connectivity index is 2.14. The van der Waals surface area contributed by atoms with Crippen molar-refractivity contribution >= 4 is 11.0 Å². The maximum Gasteiger partial charge on any atom is 0.138 e. The molecule has 2 aromatic heterocycles. The molecule has 2 heterocycles. The molecule has 0 bridgehead atoms. The highest BCUT2D eigenvalue weighted by molar-refractivity contribution is 5.84. The number of phenols is 1. The van der Waals surface area contributed by atoms with Gasteiger partial charge in [-0.3, -0.25) is 4.98 Å². The fourth-order valence-corrected chi connectivity index (χ4v) is 2.39. The topological polar surface area (TPSA) is 46.3 Å². The second-order valence-electron chi connectivity index (χ2n) is 4.84. The summed E-state index contributed by atoms with van der Waals surface area (Å²) in [4.78, 5) is 4.66. The normalized spacial score (nSPS) is 11.1. The molecule has 3 heteroatoms. The highest BCUT2D eigenvalue weighted by Crippen LogP contribution is 2.31. The van der Waals surface area contributed by atoms with E-state index in [4.69, 9.17) is 4.42 Å². The van der Waals surface area contributed by atoms with Crippen molar-refractivity contribution in [3.63, 3.8) is 0 Å². The fraction of sp³-hybridized carbons (Fsp3) is 0.235. The number of furan rings is 1. The van der Waals surface area contributed by atoms with E-state index in [0.717, 1.165) is 40.9 Å². The van der Waals surface area contributed by atoms with Crippen molar-refractivity contribution in [1.82, 2.24) is 4.98 Å². The van der Waals surface area contributed by atoms with Crippen molar-refractivity contribution in [2.75, 3.05) is 0 Å². The summed E-state index contributed by atoms with van der Waals surface area (Å²) in [6, 6.07) is 11.3. The molecule has 102 valence electrons. The van der Waals surface area contributed by atoms with Gasteiger partial charge in [0.05, 0.1) is 5.69 Å². The summed E-state index contributed by atoms with van der Waals surface area (Å²) in [6.45, 7) is 4.20. The molecule has 20 heavy (non-hydrogen) atoms. The number of aromatic nitrogens is 1. The van der Waals surface area contributed by atoms with E-state index in [2.05, 4.69) is 24.9 Å². The van der Waals surface area contributed by atoms with Gasteiger partial charge in [-0.2, -0.15) is 0 Å². The molecule has 0 unspecified atom stereocenters. The summed E-state index contributed by atoms with van der Waals surface area (Å²) < 4.78 is 5.85. The summed E-state index contributed by atoms with van der Waals surface area (Å²) in [5.41, 5.74) is 3.87. The van der Waals surface area contributed by atoms with Crippen LogP contribution in [0.25, 0.3) is 22.3 Å². The van der Waals surface area contributed by atoms with Gasteiger partial charge in [0, 0.05) is 22.7 Å². The zero-order valence-electron chi connectivity index (χ0n) is 11.7. The minimum atomic E-state index is 0.216. The van der Waals surface area contributed by atoms with Gasteiger partial charge in [-0.15, -0.1) is 0 Å². The number of nitrogens with zero attached hydrogens (tertiary/aromatic N) is 1. The Bertz CT molecular complexity index is 759. The van der Waals surface area contributed by atoms with Gasteiger partial charge in [-0.1, -0.05) is 13.8 Å². The number of hydrogen-bond acceptors (Lipinski definition) is 3. The maximum absolute atomic E-state index is 9.51. The zero-order chi connectivity index (χ0) is 14.1. The molecule has 3 aromatic rings. The number of fused-ring (bicyclic) bond motifs is 1. The summed E-state index contributed by atoms with van der Waals surface area (Å²) in [5.74, 6) is 1.02. The first-order valence-electron chi connectivity index (χ1n) is 6.93. The van der Waals surface area contributed by atoms with Crippen LogP contribution in [-0.4, -0.2) is 10.1 Å². The van der Waals surface area contributed by atoms with E-state index in [9.17, 15) is 5.11 Å². The third-order valence-electron chi connectivity index (χ3n) is 3.50. The van der Waals surface area contributed by atoms with E-state index in [-0.39, 0.29) is 5.75 Å². The lowest BCUT2D eigenvalue weighted by atomic mass is 10.1. The number of aryl methyl sites for hydroxylation is 2.